The van der Waals surface area contributed by atoms with E-state index in [2.05, 4.69) is 20.2 Å². The molecular weight excluding hydrogens is 284 g/mol. The number of rotatable bonds is 4. The van der Waals surface area contributed by atoms with Crippen molar-refractivity contribution in [1.82, 2.24) is 20.2 Å². The number of ether oxygens (including phenoxy) is 1. The van der Waals surface area contributed by atoms with Crippen LogP contribution in [0.2, 0.25) is 0 Å². The minimum Gasteiger partial charge on any atom is -0.380 e. The van der Waals surface area contributed by atoms with Crippen LogP contribution in [0, 0.1) is 25.2 Å². The third-order valence-electron chi connectivity index (χ3n) is 4.73. The van der Waals surface area contributed by atoms with Gasteiger partial charge < -0.3 is 13.8 Å². The molecule has 0 bridgehead atoms. The van der Waals surface area contributed by atoms with E-state index in [9.17, 15) is 0 Å². The molecule has 2 aromatic heterocycles. The van der Waals surface area contributed by atoms with Gasteiger partial charge in [0.1, 0.15) is 5.76 Å². The summed E-state index contributed by atoms with van der Waals surface area (Å²) in [5, 5.41) is 7.99. The molecule has 2 saturated heterocycles. The maximum Gasteiger partial charge on any atom is 0.227 e. The van der Waals surface area contributed by atoms with Gasteiger partial charge in [0, 0.05) is 43.5 Å². The fraction of sp³-hybridized carbons (Fsp3) is 0.667. The molecule has 0 aliphatic carbocycles. The van der Waals surface area contributed by atoms with Crippen LogP contribution in [0.25, 0.3) is 0 Å². The molecule has 0 unspecified atom stereocenters. The molecule has 7 heteroatoms. The summed E-state index contributed by atoms with van der Waals surface area (Å²) in [4.78, 5) is 6.79. The third kappa shape index (κ3) is 2.44. The summed E-state index contributed by atoms with van der Waals surface area (Å²) in [5.74, 6) is 2.77. The summed E-state index contributed by atoms with van der Waals surface area (Å²) in [6, 6.07) is 2.00. The number of fused-ring (bicyclic) bond motifs is 1. The first-order valence-electron chi connectivity index (χ1n) is 7.64. The first kappa shape index (κ1) is 13.9. The number of hydrogen-bond donors (Lipinski definition) is 0. The van der Waals surface area contributed by atoms with Gasteiger partial charge in [0.05, 0.1) is 18.9 Å². The Kier molecular flexibility index (Phi) is 3.27. The largest absolute Gasteiger partial charge is 0.380 e. The highest BCUT2D eigenvalue weighted by atomic mass is 16.5. The monoisotopic (exact) mass is 304 g/mol. The average Bonchev–Trinajstić information content (AvgIpc) is 3.17. The van der Waals surface area contributed by atoms with E-state index in [0.717, 1.165) is 50.7 Å². The Balaban J connectivity index is 1.49. The highest BCUT2D eigenvalue weighted by molar-refractivity contribution is 5.08. The predicted octanol–water partition coefficient (Wildman–Crippen LogP) is 1.37. The van der Waals surface area contributed by atoms with Crippen molar-refractivity contribution in [2.45, 2.75) is 26.8 Å². The van der Waals surface area contributed by atoms with Gasteiger partial charge >= 0.3 is 0 Å². The number of likely N-dealkylation sites (tertiary alicyclic amines) is 1. The molecule has 0 saturated carbocycles. The van der Waals surface area contributed by atoms with Gasteiger partial charge in [0.25, 0.3) is 0 Å². The zero-order valence-electron chi connectivity index (χ0n) is 12.9. The highest BCUT2D eigenvalue weighted by Gasteiger charge is 2.51. The molecule has 4 heterocycles. The van der Waals surface area contributed by atoms with Gasteiger partial charge in [-0.3, -0.25) is 4.90 Å². The molecule has 2 aliphatic heterocycles. The van der Waals surface area contributed by atoms with E-state index >= 15 is 0 Å². The van der Waals surface area contributed by atoms with Crippen LogP contribution in [0.3, 0.4) is 0 Å². The van der Waals surface area contributed by atoms with Crippen LogP contribution >= 0.6 is 0 Å². The van der Waals surface area contributed by atoms with E-state index in [1.165, 1.54) is 0 Å². The van der Waals surface area contributed by atoms with Crippen LogP contribution in [-0.4, -0.2) is 46.5 Å². The van der Waals surface area contributed by atoms with Gasteiger partial charge in [-0.05, 0) is 13.8 Å². The zero-order valence-corrected chi connectivity index (χ0v) is 12.9. The summed E-state index contributed by atoms with van der Waals surface area (Å²) in [7, 11) is 0. The van der Waals surface area contributed by atoms with E-state index in [1.807, 2.05) is 19.9 Å². The Labute approximate surface area is 128 Å². The van der Waals surface area contributed by atoms with Crippen molar-refractivity contribution < 1.29 is 13.8 Å². The average molecular weight is 304 g/mol. The van der Waals surface area contributed by atoms with Crippen LogP contribution in [0.15, 0.2) is 15.1 Å². The van der Waals surface area contributed by atoms with E-state index in [1.54, 1.807) is 0 Å². The Hall–Kier alpha value is -1.73. The van der Waals surface area contributed by atoms with Gasteiger partial charge in [0.15, 0.2) is 5.82 Å². The van der Waals surface area contributed by atoms with Crippen LogP contribution in [0.1, 0.15) is 23.2 Å². The number of hydrogen-bond acceptors (Lipinski definition) is 7. The quantitative estimate of drug-likeness (QED) is 0.844. The summed E-state index contributed by atoms with van der Waals surface area (Å²) < 4.78 is 16.2. The van der Waals surface area contributed by atoms with Crippen LogP contribution in [0.5, 0.6) is 0 Å². The number of aromatic nitrogens is 3. The molecule has 0 amide bonds. The van der Waals surface area contributed by atoms with Crippen molar-refractivity contribution >= 4 is 0 Å². The van der Waals surface area contributed by atoms with Crippen molar-refractivity contribution in [1.29, 1.82) is 0 Å². The maximum atomic E-state index is 5.75. The second kappa shape index (κ2) is 5.17. The summed E-state index contributed by atoms with van der Waals surface area (Å²) in [6.07, 6.45) is 0.785. The third-order valence-corrected chi connectivity index (χ3v) is 4.73. The van der Waals surface area contributed by atoms with Crippen LogP contribution in [-0.2, 0) is 17.7 Å². The Bertz CT molecular complexity index is 667. The van der Waals surface area contributed by atoms with Crippen molar-refractivity contribution in [3.05, 3.63) is 29.2 Å². The Morgan fingerprint density at radius 1 is 1.32 bits per heavy atom. The van der Waals surface area contributed by atoms with Crippen molar-refractivity contribution in [3.63, 3.8) is 0 Å². The lowest BCUT2D eigenvalue weighted by molar-refractivity contribution is 0.121. The minimum atomic E-state index is 0.0811. The van der Waals surface area contributed by atoms with Crippen molar-refractivity contribution in [2.75, 3.05) is 26.3 Å². The molecule has 0 spiro atoms. The highest BCUT2D eigenvalue weighted by Crippen LogP contribution is 2.43. The molecule has 0 N–H and O–H groups in total. The Morgan fingerprint density at radius 2 is 2.23 bits per heavy atom. The summed E-state index contributed by atoms with van der Waals surface area (Å²) in [5.41, 5.74) is 1.07. The molecular formula is C15H20N4O3. The van der Waals surface area contributed by atoms with Gasteiger partial charge in [-0.25, -0.2) is 0 Å². The molecule has 2 fully saturated rings. The van der Waals surface area contributed by atoms with Gasteiger partial charge in [-0.2, -0.15) is 4.98 Å². The smallest absolute Gasteiger partial charge is 0.227 e. The van der Waals surface area contributed by atoms with Crippen LogP contribution < -0.4 is 0 Å². The van der Waals surface area contributed by atoms with E-state index < -0.39 is 0 Å². The van der Waals surface area contributed by atoms with Gasteiger partial charge in [0.2, 0.25) is 5.89 Å². The fourth-order valence-corrected chi connectivity index (χ4v) is 3.75. The fourth-order valence-electron chi connectivity index (χ4n) is 3.75. The van der Waals surface area contributed by atoms with E-state index in [4.69, 9.17) is 13.8 Å². The molecule has 0 radical (unpaired) electrons. The van der Waals surface area contributed by atoms with Crippen molar-refractivity contribution in [3.8, 4) is 0 Å². The van der Waals surface area contributed by atoms with Crippen molar-refractivity contribution in [2.24, 2.45) is 11.3 Å². The molecule has 118 valence electrons. The standard InChI is InChI=1S/C15H20N4O3/c1-10-3-13(18-21-10)6-19-5-12-7-20-9-15(12,8-19)4-14-16-11(2)17-22-14/h3,12H,4-9H2,1-2H3/t12-,15+/m1/s1. The first-order valence-corrected chi connectivity index (χ1v) is 7.64. The number of aryl methyl sites for hydroxylation is 2. The maximum absolute atomic E-state index is 5.75. The zero-order chi connectivity index (χ0) is 15.2. The molecule has 2 atom stereocenters. The molecule has 22 heavy (non-hydrogen) atoms. The van der Waals surface area contributed by atoms with Gasteiger partial charge in [-0.15, -0.1) is 0 Å². The summed E-state index contributed by atoms with van der Waals surface area (Å²) >= 11 is 0. The lowest BCUT2D eigenvalue weighted by Gasteiger charge is -2.25. The SMILES string of the molecule is Cc1noc(C[C@]23COC[C@H]2CN(Cc2cc(C)on2)C3)n1. The topological polar surface area (TPSA) is 77.4 Å². The Morgan fingerprint density at radius 3 is 2.95 bits per heavy atom. The first-order chi connectivity index (χ1) is 10.6. The molecule has 7 nitrogen and oxygen atoms in total. The lowest BCUT2D eigenvalue weighted by atomic mass is 9.78. The second-order valence-electron chi connectivity index (χ2n) is 6.59. The van der Waals surface area contributed by atoms with E-state index in [0.29, 0.717) is 17.6 Å². The minimum absolute atomic E-state index is 0.0811. The molecule has 2 aliphatic rings. The second-order valence-corrected chi connectivity index (χ2v) is 6.59. The molecule has 4 rings (SSSR count). The lowest BCUT2D eigenvalue weighted by Crippen LogP contribution is -2.33. The van der Waals surface area contributed by atoms with Gasteiger partial charge in [-0.1, -0.05) is 10.3 Å². The normalized spacial score (nSPS) is 28.4. The summed E-state index contributed by atoms with van der Waals surface area (Å²) in [6.45, 7) is 8.13. The molecule has 0 aromatic carbocycles. The predicted molar refractivity (Wildman–Crippen MR) is 76.0 cm³/mol. The molecule has 2 aromatic rings. The number of nitrogens with zero attached hydrogens (tertiary/aromatic N) is 4. The van der Waals surface area contributed by atoms with E-state index in [-0.39, 0.29) is 5.41 Å². The van der Waals surface area contributed by atoms with Crippen LogP contribution in [0.4, 0.5) is 0 Å².